The van der Waals surface area contributed by atoms with Gasteiger partial charge in [-0.1, -0.05) is 22.9 Å². The average molecular weight is 441 g/mol. The topological polar surface area (TPSA) is 68.5 Å². The summed E-state index contributed by atoms with van der Waals surface area (Å²) in [7, 11) is -3.69. The Morgan fingerprint density at radius 2 is 1.93 bits per heavy atom. The minimum atomic E-state index is -3.69. The maximum Gasteiger partial charge on any atom is 0.249 e. The normalized spacial score (nSPS) is 12.6. The van der Waals surface area contributed by atoms with E-state index in [0.717, 1.165) is 27.9 Å². The molecule has 3 rings (SSSR count). The fourth-order valence-corrected chi connectivity index (χ4v) is 5.69. The number of sulfone groups is 1. The van der Waals surface area contributed by atoms with Gasteiger partial charge in [-0.3, -0.25) is 4.79 Å². The van der Waals surface area contributed by atoms with Crippen molar-refractivity contribution in [2.75, 3.05) is 5.75 Å². The molecule has 9 heteroatoms. The van der Waals surface area contributed by atoms with Crippen LogP contribution in [-0.4, -0.2) is 24.6 Å². The van der Waals surface area contributed by atoms with Gasteiger partial charge in [0.25, 0.3) is 0 Å². The predicted molar refractivity (Wildman–Crippen MR) is 109 cm³/mol. The van der Waals surface area contributed by atoms with E-state index in [9.17, 15) is 17.6 Å². The van der Waals surface area contributed by atoms with E-state index >= 15 is 0 Å². The van der Waals surface area contributed by atoms with Crippen LogP contribution in [0.2, 0.25) is 5.02 Å². The van der Waals surface area contributed by atoms with Crippen LogP contribution >= 0.6 is 22.9 Å². The summed E-state index contributed by atoms with van der Waals surface area (Å²) < 4.78 is 40.4. The summed E-state index contributed by atoms with van der Waals surface area (Å²) in [6.07, 6.45) is -0.253. The van der Waals surface area contributed by atoms with Crippen LogP contribution < -0.4 is 4.80 Å². The van der Waals surface area contributed by atoms with Gasteiger partial charge in [-0.05, 0) is 55.8 Å². The summed E-state index contributed by atoms with van der Waals surface area (Å²) in [5.74, 6) is -1.43. The zero-order chi connectivity index (χ0) is 20.5. The van der Waals surface area contributed by atoms with Crippen molar-refractivity contribution in [2.45, 2.75) is 31.7 Å². The van der Waals surface area contributed by atoms with Crippen molar-refractivity contribution in [3.63, 3.8) is 0 Å². The molecule has 148 valence electrons. The number of benzene rings is 2. The Labute approximate surface area is 171 Å². The lowest BCUT2D eigenvalue weighted by atomic mass is 10.2. The molecule has 0 saturated heterocycles. The maximum absolute atomic E-state index is 13.0. The molecular weight excluding hydrogens is 423 g/mol. The minimum Gasteiger partial charge on any atom is -0.316 e. The smallest absolute Gasteiger partial charge is 0.249 e. The average Bonchev–Trinajstić information content (AvgIpc) is 2.97. The molecule has 0 fully saturated rings. The van der Waals surface area contributed by atoms with Gasteiger partial charge in [0.15, 0.2) is 14.6 Å². The largest absolute Gasteiger partial charge is 0.316 e. The molecule has 0 saturated carbocycles. The first-order valence-corrected chi connectivity index (χ1v) is 11.4. The highest BCUT2D eigenvalue weighted by Gasteiger charge is 2.17. The van der Waals surface area contributed by atoms with Crippen LogP contribution in [0.5, 0.6) is 0 Å². The number of halogens is 2. The number of hydrogen-bond donors (Lipinski definition) is 0. The number of fused-ring (bicyclic) bond motifs is 1. The Morgan fingerprint density at radius 1 is 1.25 bits per heavy atom. The molecule has 5 nitrogen and oxygen atoms in total. The molecule has 3 aromatic rings. The lowest BCUT2D eigenvalue weighted by Crippen LogP contribution is -2.17. The van der Waals surface area contributed by atoms with Gasteiger partial charge < -0.3 is 4.57 Å². The summed E-state index contributed by atoms with van der Waals surface area (Å²) in [4.78, 5) is 16.9. The number of hydrogen-bond acceptors (Lipinski definition) is 4. The lowest BCUT2D eigenvalue weighted by molar-refractivity contribution is -0.117. The quantitative estimate of drug-likeness (QED) is 0.560. The Morgan fingerprint density at radius 3 is 2.57 bits per heavy atom. The van der Waals surface area contributed by atoms with Crippen molar-refractivity contribution in [1.82, 2.24) is 4.57 Å². The molecule has 2 aromatic carbocycles. The zero-order valence-electron chi connectivity index (χ0n) is 15.3. The van der Waals surface area contributed by atoms with Crippen LogP contribution in [0.4, 0.5) is 4.39 Å². The molecule has 0 aliphatic rings. The number of carbonyl (C=O) groups excluding carboxylic acids is 1. The van der Waals surface area contributed by atoms with E-state index in [-0.39, 0.29) is 17.1 Å². The third-order valence-electron chi connectivity index (χ3n) is 4.23. The molecule has 0 N–H and O–H groups in total. The summed E-state index contributed by atoms with van der Waals surface area (Å²) >= 11 is 7.45. The number of rotatable bonds is 5. The third kappa shape index (κ3) is 4.34. The van der Waals surface area contributed by atoms with Crippen LogP contribution in [0.25, 0.3) is 10.2 Å². The maximum atomic E-state index is 13.0. The summed E-state index contributed by atoms with van der Waals surface area (Å²) in [5.41, 5.74) is 1.94. The number of nitrogens with zero attached hydrogens (tertiary/aromatic N) is 2. The monoisotopic (exact) mass is 440 g/mol. The van der Waals surface area contributed by atoms with Gasteiger partial charge in [-0.2, -0.15) is 4.99 Å². The second kappa shape index (κ2) is 8.14. The molecule has 0 spiro atoms. The fraction of sp³-hybridized carbons (Fsp3) is 0.263. The van der Waals surface area contributed by atoms with Gasteiger partial charge in [-0.25, -0.2) is 12.8 Å². The van der Waals surface area contributed by atoms with Crippen LogP contribution in [0, 0.1) is 12.7 Å². The first-order valence-electron chi connectivity index (χ1n) is 8.56. The second-order valence-corrected chi connectivity index (χ2v) is 9.78. The van der Waals surface area contributed by atoms with E-state index in [0.29, 0.717) is 16.4 Å². The van der Waals surface area contributed by atoms with E-state index in [1.54, 1.807) is 0 Å². The second-order valence-electron chi connectivity index (χ2n) is 6.23. The number of aromatic nitrogens is 1. The van der Waals surface area contributed by atoms with Crippen LogP contribution in [0.1, 0.15) is 18.9 Å². The zero-order valence-corrected chi connectivity index (χ0v) is 17.7. The molecule has 1 aromatic heterocycles. The Bertz CT molecular complexity index is 1210. The first-order chi connectivity index (χ1) is 13.2. The van der Waals surface area contributed by atoms with Crippen molar-refractivity contribution in [3.8, 4) is 0 Å². The van der Waals surface area contributed by atoms with E-state index in [1.165, 1.54) is 23.5 Å². The van der Waals surface area contributed by atoms with Crippen LogP contribution in [0.15, 0.2) is 46.3 Å². The highest BCUT2D eigenvalue weighted by Crippen LogP contribution is 2.25. The van der Waals surface area contributed by atoms with Gasteiger partial charge in [0, 0.05) is 18.0 Å². The summed E-state index contributed by atoms with van der Waals surface area (Å²) in [6.45, 7) is 4.50. The lowest BCUT2D eigenvalue weighted by Gasteiger charge is -2.04. The van der Waals surface area contributed by atoms with Crippen molar-refractivity contribution in [3.05, 3.63) is 57.6 Å². The van der Waals surface area contributed by atoms with E-state index in [1.807, 2.05) is 30.5 Å². The van der Waals surface area contributed by atoms with Crippen LogP contribution in [-0.2, 0) is 21.2 Å². The molecule has 1 amide bonds. The van der Waals surface area contributed by atoms with Gasteiger partial charge in [-0.15, -0.1) is 0 Å². The Kier molecular flexibility index (Phi) is 6.02. The van der Waals surface area contributed by atoms with Gasteiger partial charge in [0.05, 0.1) is 20.9 Å². The standard InChI is InChI=1S/C19H18ClFN2O3S2/c1-3-23-18-12(2)10-13(20)11-16(18)27-19(23)22-17(24)8-9-28(25,26)15-6-4-14(21)5-7-15/h4-7,10-11H,3,8-9H2,1-2H3. The Balaban J connectivity index is 1.87. The minimum absolute atomic E-state index is 0.0162. The summed E-state index contributed by atoms with van der Waals surface area (Å²) in [6, 6.07) is 8.21. The van der Waals surface area contributed by atoms with Crippen molar-refractivity contribution in [1.29, 1.82) is 0 Å². The first kappa shape index (κ1) is 20.7. The van der Waals surface area contributed by atoms with Gasteiger partial charge >= 0.3 is 0 Å². The molecule has 28 heavy (non-hydrogen) atoms. The SMILES string of the molecule is CCn1c(=NC(=O)CCS(=O)(=O)c2ccc(F)cc2)sc2cc(Cl)cc(C)c21. The highest BCUT2D eigenvalue weighted by molar-refractivity contribution is 7.91. The molecule has 0 radical (unpaired) electrons. The molecule has 0 unspecified atom stereocenters. The third-order valence-corrected chi connectivity index (χ3v) is 7.20. The fourth-order valence-electron chi connectivity index (χ4n) is 2.90. The van der Waals surface area contributed by atoms with Crippen LogP contribution in [0.3, 0.4) is 0 Å². The van der Waals surface area contributed by atoms with Gasteiger partial charge in [0.1, 0.15) is 5.82 Å². The number of aryl methyl sites for hydroxylation is 2. The number of carbonyl (C=O) groups is 1. The predicted octanol–water partition coefficient (Wildman–Crippen LogP) is 4.11. The molecule has 0 bridgehead atoms. The van der Waals surface area contributed by atoms with Gasteiger partial charge in [0.2, 0.25) is 5.91 Å². The molecule has 0 aliphatic heterocycles. The van der Waals surface area contributed by atoms with E-state index < -0.39 is 21.6 Å². The molecule has 0 aliphatic carbocycles. The number of thiazole rings is 1. The Hall–Kier alpha value is -2.03. The van der Waals surface area contributed by atoms with E-state index in [4.69, 9.17) is 11.6 Å². The van der Waals surface area contributed by atoms with E-state index in [2.05, 4.69) is 4.99 Å². The molecule has 1 heterocycles. The highest BCUT2D eigenvalue weighted by atomic mass is 35.5. The summed E-state index contributed by atoms with van der Waals surface area (Å²) in [5, 5.41) is 0.609. The van der Waals surface area contributed by atoms with Crippen molar-refractivity contribution in [2.24, 2.45) is 4.99 Å². The molecule has 0 atom stereocenters. The van der Waals surface area contributed by atoms with Crippen molar-refractivity contribution >= 4 is 48.9 Å². The van der Waals surface area contributed by atoms with Crippen molar-refractivity contribution < 1.29 is 17.6 Å². The molecular formula is C19H18ClFN2O3S2. The number of amides is 1.